The van der Waals surface area contributed by atoms with E-state index in [1.807, 2.05) is 0 Å². The molecule has 0 unspecified atom stereocenters. The van der Waals surface area contributed by atoms with E-state index in [1.165, 1.54) is 11.3 Å². The van der Waals surface area contributed by atoms with Crippen molar-refractivity contribution in [2.45, 2.75) is 4.90 Å². The van der Waals surface area contributed by atoms with Gasteiger partial charge in [-0.3, -0.25) is 4.79 Å². The first-order valence-electron chi connectivity index (χ1n) is 3.58. The third kappa shape index (κ3) is 1.26. The van der Waals surface area contributed by atoms with Crippen molar-refractivity contribution >= 4 is 40.3 Å². The van der Waals surface area contributed by atoms with Crippen LogP contribution in [0, 0.1) is 5.82 Å². The van der Waals surface area contributed by atoms with Gasteiger partial charge in [-0.1, -0.05) is 6.07 Å². The van der Waals surface area contributed by atoms with Crippen LogP contribution >= 0.6 is 24.0 Å². The SMILES string of the molecule is O=Cc1csc2c(F)c(S)ccc12. The van der Waals surface area contributed by atoms with E-state index < -0.39 is 0 Å². The monoisotopic (exact) mass is 212 g/mol. The van der Waals surface area contributed by atoms with E-state index in [1.54, 1.807) is 17.5 Å². The molecule has 2 rings (SSSR count). The number of thiophene rings is 1. The van der Waals surface area contributed by atoms with Crippen LogP contribution in [0.2, 0.25) is 0 Å². The van der Waals surface area contributed by atoms with E-state index in [0.29, 0.717) is 20.5 Å². The van der Waals surface area contributed by atoms with Gasteiger partial charge in [0.25, 0.3) is 0 Å². The first kappa shape index (κ1) is 8.72. The highest BCUT2D eigenvalue weighted by atomic mass is 32.1. The summed E-state index contributed by atoms with van der Waals surface area (Å²) < 4.78 is 13.9. The largest absolute Gasteiger partial charge is 0.298 e. The van der Waals surface area contributed by atoms with Crippen molar-refractivity contribution in [2.75, 3.05) is 0 Å². The molecule has 0 atom stereocenters. The van der Waals surface area contributed by atoms with Crippen LogP contribution in [0.5, 0.6) is 0 Å². The first-order valence-corrected chi connectivity index (χ1v) is 4.90. The molecule has 1 aromatic carbocycles. The van der Waals surface area contributed by atoms with Crippen molar-refractivity contribution in [3.05, 3.63) is 28.9 Å². The Kier molecular flexibility index (Phi) is 2.09. The van der Waals surface area contributed by atoms with Crippen LogP contribution in [0.4, 0.5) is 4.39 Å². The minimum absolute atomic E-state index is 0.312. The van der Waals surface area contributed by atoms with E-state index in [4.69, 9.17) is 0 Å². The lowest BCUT2D eigenvalue weighted by Crippen LogP contribution is -1.79. The Bertz CT molecular complexity index is 476. The maximum Gasteiger partial charge on any atom is 0.154 e. The van der Waals surface area contributed by atoms with Gasteiger partial charge in [-0.15, -0.1) is 24.0 Å². The second-order valence-corrected chi connectivity index (χ2v) is 3.95. The highest BCUT2D eigenvalue weighted by molar-refractivity contribution is 7.80. The predicted molar refractivity (Wildman–Crippen MR) is 54.4 cm³/mol. The summed E-state index contributed by atoms with van der Waals surface area (Å²) in [6, 6.07) is 3.27. The number of rotatable bonds is 1. The molecule has 13 heavy (non-hydrogen) atoms. The minimum atomic E-state index is -0.348. The molecule has 0 bridgehead atoms. The molecule has 0 N–H and O–H groups in total. The van der Waals surface area contributed by atoms with Crippen molar-refractivity contribution in [1.29, 1.82) is 0 Å². The van der Waals surface area contributed by atoms with Crippen molar-refractivity contribution in [1.82, 2.24) is 0 Å². The van der Waals surface area contributed by atoms with Crippen LogP contribution in [0.1, 0.15) is 10.4 Å². The maximum atomic E-state index is 13.4. The average molecular weight is 212 g/mol. The number of fused-ring (bicyclic) bond motifs is 1. The molecule has 2 aromatic rings. The summed E-state index contributed by atoms with van der Waals surface area (Å²) in [7, 11) is 0. The molecule has 0 amide bonds. The number of thiol groups is 1. The number of carbonyl (C=O) groups excluding carboxylic acids is 1. The lowest BCUT2D eigenvalue weighted by molar-refractivity contribution is 0.112. The van der Waals surface area contributed by atoms with Crippen LogP contribution in [0.3, 0.4) is 0 Å². The van der Waals surface area contributed by atoms with Gasteiger partial charge in [0.1, 0.15) is 0 Å². The van der Waals surface area contributed by atoms with Crippen LogP contribution in [-0.2, 0) is 0 Å². The molecule has 0 fully saturated rings. The molecule has 1 aromatic heterocycles. The minimum Gasteiger partial charge on any atom is -0.298 e. The highest BCUT2D eigenvalue weighted by Gasteiger charge is 2.09. The highest BCUT2D eigenvalue weighted by Crippen LogP contribution is 2.30. The fraction of sp³-hybridized carbons (Fsp3) is 0. The molecule has 66 valence electrons. The topological polar surface area (TPSA) is 17.1 Å². The number of carbonyl (C=O) groups is 1. The Hall–Kier alpha value is -0.870. The van der Waals surface area contributed by atoms with Crippen LogP contribution in [0.15, 0.2) is 22.4 Å². The lowest BCUT2D eigenvalue weighted by Gasteiger charge is -1.95. The van der Waals surface area contributed by atoms with E-state index in [9.17, 15) is 9.18 Å². The van der Waals surface area contributed by atoms with Gasteiger partial charge in [0.2, 0.25) is 0 Å². The van der Waals surface area contributed by atoms with Gasteiger partial charge < -0.3 is 0 Å². The van der Waals surface area contributed by atoms with E-state index in [0.717, 1.165) is 6.29 Å². The Morgan fingerprint density at radius 2 is 2.23 bits per heavy atom. The maximum absolute atomic E-state index is 13.4. The molecule has 0 aliphatic rings. The van der Waals surface area contributed by atoms with Crippen LogP contribution in [0.25, 0.3) is 10.1 Å². The normalized spacial score (nSPS) is 10.6. The molecular weight excluding hydrogens is 207 g/mol. The van der Waals surface area contributed by atoms with Gasteiger partial charge in [0, 0.05) is 21.2 Å². The van der Waals surface area contributed by atoms with E-state index in [-0.39, 0.29) is 5.82 Å². The fourth-order valence-electron chi connectivity index (χ4n) is 1.17. The molecule has 0 aliphatic heterocycles. The second kappa shape index (κ2) is 3.12. The summed E-state index contributed by atoms with van der Waals surface area (Å²) in [5.74, 6) is -0.348. The zero-order valence-electron chi connectivity index (χ0n) is 6.45. The van der Waals surface area contributed by atoms with Crippen molar-refractivity contribution in [3.63, 3.8) is 0 Å². The summed E-state index contributed by atoms with van der Waals surface area (Å²) in [4.78, 5) is 10.9. The number of hydrogen-bond acceptors (Lipinski definition) is 3. The van der Waals surface area contributed by atoms with Gasteiger partial charge in [-0.05, 0) is 6.07 Å². The molecule has 0 spiro atoms. The van der Waals surface area contributed by atoms with Crippen molar-refractivity contribution in [3.8, 4) is 0 Å². The van der Waals surface area contributed by atoms with Gasteiger partial charge >= 0.3 is 0 Å². The second-order valence-electron chi connectivity index (χ2n) is 2.58. The van der Waals surface area contributed by atoms with Gasteiger partial charge in [-0.2, -0.15) is 0 Å². The van der Waals surface area contributed by atoms with Crippen molar-refractivity contribution < 1.29 is 9.18 Å². The Balaban J connectivity index is 2.88. The third-order valence-corrected chi connectivity index (χ3v) is 3.17. The smallest absolute Gasteiger partial charge is 0.154 e. The Labute approximate surface area is 83.6 Å². The molecule has 0 saturated heterocycles. The van der Waals surface area contributed by atoms with Crippen LogP contribution < -0.4 is 0 Å². The molecule has 4 heteroatoms. The molecule has 0 aliphatic carbocycles. The fourth-order valence-corrected chi connectivity index (χ4v) is 2.38. The number of benzene rings is 1. The predicted octanol–water partition coefficient (Wildman–Crippen LogP) is 3.14. The average Bonchev–Trinajstić information content (AvgIpc) is 2.55. The van der Waals surface area contributed by atoms with E-state index in [2.05, 4.69) is 12.6 Å². The quantitative estimate of drug-likeness (QED) is 0.567. The molecule has 1 heterocycles. The summed E-state index contributed by atoms with van der Waals surface area (Å²) in [5, 5.41) is 2.31. The summed E-state index contributed by atoms with van der Waals surface area (Å²) in [6.45, 7) is 0. The zero-order chi connectivity index (χ0) is 9.42. The number of aldehydes is 1. The van der Waals surface area contributed by atoms with Crippen molar-refractivity contribution in [2.24, 2.45) is 0 Å². The first-order chi connectivity index (χ1) is 6.24. The molecule has 0 saturated carbocycles. The lowest BCUT2D eigenvalue weighted by atomic mass is 10.2. The summed E-state index contributed by atoms with van der Waals surface area (Å²) in [5.41, 5.74) is 0.534. The van der Waals surface area contributed by atoms with Gasteiger partial charge in [-0.25, -0.2) is 4.39 Å². The van der Waals surface area contributed by atoms with Gasteiger partial charge in [0.15, 0.2) is 12.1 Å². The van der Waals surface area contributed by atoms with E-state index >= 15 is 0 Å². The zero-order valence-corrected chi connectivity index (χ0v) is 8.16. The third-order valence-electron chi connectivity index (χ3n) is 1.82. The molecular formula is C9H5FOS2. The Morgan fingerprint density at radius 1 is 1.46 bits per heavy atom. The summed E-state index contributed by atoms with van der Waals surface area (Å²) in [6.07, 6.45) is 0.733. The standard InChI is InChI=1S/C9H5FOS2/c10-8-7(12)2-1-6-5(3-11)4-13-9(6)8/h1-4,12H. The van der Waals surface area contributed by atoms with Gasteiger partial charge in [0.05, 0.1) is 4.70 Å². The number of hydrogen-bond donors (Lipinski definition) is 1. The molecule has 1 nitrogen and oxygen atoms in total. The van der Waals surface area contributed by atoms with Crippen LogP contribution in [-0.4, -0.2) is 6.29 Å². The number of halogens is 1. The molecule has 0 radical (unpaired) electrons. The summed E-state index contributed by atoms with van der Waals surface area (Å²) >= 11 is 5.18. The Morgan fingerprint density at radius 3 is 2.92 bits per heavy atom.